The number of aromatic nitrogens is 2. The predicted octanol–water partition coefficient (Wildman–Crippen LogP) is 4.20. The number of carbonyl (C=O) groups excluding carboxylic acids is 1. The molecule has 1 N–H and O–H groups in total. The highest BCUT2D eigenvalue weighted by Gasteiger charge is 2.41. The number of H-pyrrole nitrogens is 1. The molecule has 0 aliphatic heterocycles. The molecule has 1 aromatic carbocycles. The maximum Gasteiger partial charge on any atom is 0.213 e. The van der Waals surface area contributed by atoms with Crippen LogP contribution in [0.1, 0.15) is 60.6 Å². The van der Waals surface area contributed by atoms with Crippen LogP contribution in [0.25, 0.3) is 10.9 Å². The molecule has 6 heteroatoms. The standard InChI is InChI=1S/C25H30N4O2/c1-6-29(7-2)12-13-31-20-11-10-18-22(30)21-17-9-8-16(15-26-5)14-19(17)27-24(21)25(3,4)23(18)28-20/h8-11,14-15,27H,6-7,12-13H2,1-5H3. The van der Waals surface area contributed by atoms with E-state index in [0.717, 1.165) is 53.1 Å². The average Bonchev–Trinajstić information content (AvgIpc) is 3.16. The summed E-state index contributed by atoms with van der Waals surface area (Å²) in [6, 6.07) is 9.69. The first-order valence-corrected chi connectivity index (χ1v) is 10.9. The van der Waals surface area contributed by atoms with E-state index in [1.807, 2.05) is 36.5 Å². The lowest BCUT2D eigenvalue weighted by Gasteiger charge is -2.31. The van der Waals surface area contributed by atoms with E-state index in [2.05, 4.69) is 42.6 Å². The van der Waals surface area contributed by atoms with Crippen molar-refractivity contribution in [2.75, 3.05) is 33.3 Å². The number of ketones is 1. The van der Waals surface area contributed by atoms with Gasteiger partial charge in [-0.05, 0) is 44.6 Å². The molecule has 4 rings (SSSR count). The molecule has 0 spiro atoms. The Bertz CT molecular complexity index is 1160. The number of ether oxygens (including phenoxy) is 1. The second kappa shape index (κ2) is 8.27. The van der Waals surface area contributed by atoms with Crippen LogP contribution in [0.3, 0.4) is 0 Å². The largest absolute Gasteiger partial charge is 0.476 e. The summed E-state index contributed by atoms with van der Waals surface area (Å²) < 4.78 is 5.94. The number of aromatic amines is 1. The molecule has 6 nitrogen and oxygen atoms in total. The second-order valence-electron chi connectivity index (χ2n) is 8.44. The Morgan fingerprint density at radius 3 is 2.68 bits per heavy atom. The number of nitrogens with zero attached hydrogens (tertiary/aromatic N) is 3. The summed E-state index contributed by atoms with van der Waals surface area (Å²) in [7, 11) is 1.75. The summed E-state index contributed by atoms with van der Waals surface area (Å²) in [5.74, 6) is 0.572. The summed E-state index contributed by atoms with van der Waals surface area (Å²) in [5, 5.41) is 0.937. The second-order valence-corrected chi connectivity index (χ2v) is 8.44. The molecule has 2 aromatic heterocycles. The van der Waals surface area contributed by atoms with Gasteiger partial charge in [-0.2, -0.15) is 0 Å². The predicted molar refractivity (Wildman–Crippen MR) is 125 cm³/mol. The molecular weight excluding hydrogens is 388 g/mol. The van der Waals surface area contributed by atoms with Crippen LogP contribution >= 0.6 is 0 Å². The number of nitrogens with one attached hydrogen (secondary N) is 1. The van der Waals surface area contributed by atoms with E-state index in [1.165, 1.54) is 0 Å². The minimum Gasteiger partial charge on any atom is -0.476 e. The van der Waals surface area contributed by atoms with E-state index < -0.39 is 5.41 Å². The van der Waals surface area contributed by atoms with Crippen LogP contribution in [0.4, 0.5) is 0 Å². The Balaban J connectivity index is 1.71. The molecule has 0 saturated carbocycles. The van der Waals surface area contributed by atoms with Crippen LogP contribution in [0.15, 0.2) is 35.3 Å². The van der Waals surface area contributed by atoms with Crippen molar-refractivity contribution in [1.82, 2.24) is 14.9 Å². The van der Waals surface area contributed by atoms with Gasteiger partial charge in [0.25, 0.3) is 0 Å². The summed E-state index contributed by atoms with van der Waals surface area (Å²) in [6.07, 6.45) is 1.81. The molecule has 0 bridgehead atoms. The molecule has 31 heavy (non-hydrogen) atoms. The highest BCUT2D eigenvalue weighted by atomic mass is 16.5. The fourth-order valence-corrected chi connectivity index (χ4v) is 4.40. The van der Waals surface area contributed by atoms with Gasteiger partial charge in [0.15, 0.2) is 5.78 Å². The molecule has 0 radical (unpaired) electrons. The minimum absolute atomic E-state index is 0.00896. The van der Waals surface area contributed by atoms with E-state index in [-0.39, 0.29) is 5.78 Å². The van der Waals surface area contributed by atoms with Gasteiger partial charge in [-0.15, -0.1) is 0 Å². The van der Waals surface area contributed by atoms with Crippen LogP contribution in [-0.4, -0.2) is 60.2 Å². The fourth-order valence-electron chi connectivity index (χ4n) is 4.40. The van der Waals surface area contributed by atoms with Crippen LogP contribution < -0.4 is 4.74 Å². The molecule has 0 unspecified atom stereocenters. The number of pyridine rings is 1. The zero-order valence-corrected chi connectivity index (χ0v) is 19.0. The van der Waals surface area contributed by atoms with E-state index in [9.17, 15) is 4.79 Å². The summed E-state index contributed by atoms with van der Waals surface area (Å²) in [4.78, 5) is 28.1. The van der Waals surface area contributed by atoms with Crippen molar-refractivity contribution in [3.05, 3.63) is 58.4 Å². The smallest absolute Gasteiger partial charge is 0.213 e. The lowest BCUT2D eigenvalue weighted by molar-refractivity contribution is 0.103. The Kier molecular flexibility index (Phi) is 5.67. The van der Waals surface area contributed by atoms with Crippen molar-refractivity contribution in [2.24, 2.45) is 4.99 Å². The monoisotopic (exact) mass is 418 g/mol. The summed E-state index contributed by atoms with van der Waals surface area (Å²) in [6.45, 7) is 11.9. The average molecular weight is 419 g/mol. The lowest BCUT2D eigenvalue weighted by atomic mass is 9.74. The molecular formula is C25H30N4O2. The quantitative estimate of drug-likeness (QED) is 0.584. The molecule has 1 aliphatic rings. The molecule has 0 atom stereocenters. The van der Waals surface area contributed by atoms with Crippen LogP contribution in [-0.2, 0) is 5.41 Å². The fraction of sp³-hybridized carbons (Fsp3) is 0.400. The number of aliphatic imine (C=N–C) groups is 1. The number of fused-ring (bicyclic) bond motifs is 4. The molecule has 162 valence electrons. The lowest BCUT2D eigenvalue weighted by Crippen LogP contribution is -2.32. The zero-order chi connectivity index (χ0) is 22.2. The van der Waals surface area contributed by atoms with E-state index >= 15 is 0 Å². The van der Waals surface area contributed by atoms with E-state index in [4.69, 9.17) is 9.72 Å². The number of hydrogen-bond acceptors (Lipinski definition) is 5. The van der Waals surface area contributed by atoms with Gasteiger partial charge in [0.1, 0.15) is 6.61 Å². The van der Waals surface area contributed by atoms with Crippen molar-refractivity contribution in [3.8, 4) is 5.88 Å². The third-order valence-electron chi connectivity index (χ3n) is 6.21. The topological polar surface area (TPSA) is 70.6 Å². The summed E-state index contributed by atoms with van der Waals surface area (Å²) in [5.41, 5.74) is 4.53. The Morgan fingerprint density at radius 1 is 1.19 bits per heavy atom. The Hall–Kier alpha value is -2.99. The van der Waals surface area contributed by atoms with Gasteiger partial charge in [-0.3, -0.25) is 9.79 Å². The molecule has 1 aliphatic carbocycles. The maximum absolute atomic E-state index is 13.4. The van der Waals surface area contributed by atoms with Crippen LogP contribution in [0, 0.1) is 0 Å². The number of benzene rings is 1. The molecule has 0 saturated heterocycles. The van der Waals surface area contributed by atoms with E-state index in [1.54, 1.807) is 7.05 Å². The molecule has 0 amide bonds. The van der Waals surface area contributed by atoms with Crippen molar-refractivity contribution < 1.29 is 9.53 Å². The third-order valence-corrected chi connectivity index (χ3v) is 6.21. The van der Waals surface area contributed by atoms with Crippen molar-refractivity contribution in [3.63, 3.8) is 0 Å². The first kappa shape index (κ1) is 21.2. The minimum atomic E-state index is -0.450. The van der Waals surface area contributed by atoms with Gasteiger partial charge in [0.2, 0.25) is 5.88 Å². The number of likely N-dealkylation sites (N-methyl/N-ethyl adjacent to an activating group) is 1. The third kappa shape index (κ3) is 3.65. The molecule has 2 heterocycles. The number of rotatable bonds is 7. The zero-order valence-electron chi connectivity index (χ0n) is 19.0. The highest BCUT2D eigenvalue weighted by molar-refractivity contribution is 6.20. The first-order valence-electron chi connectivity index (χ1n) is 10.9. The normalized spacial score (nSPS) is 15.0. The van der Waals surface area contributed by atoms with Crippen LogP contribution in [0.2, 0.25) is 0 Å². The van der Waals surface area contributed by atoms with E-state index in [0.29, 0.717) is 18.1 Å². The Morgan fingerprint density at radius 2 is 1.97 bits per heavy atom. The van der Waals surface area contributed by atoms with Gasteiger partial charge in [-0.1, -0.05) is 26.0 Å². The van der Waals surface area contributed by atoms with Crippen molar-refractivity contribution >= 4 is 22.9 Å². The van der Waals surface area contributed by atoms with Gasteiger partial charge in [-0.25, -0.2) is 4.98 Å². The maximum atomic E-state index is 13.4. The van der Waals surface area contributed by atoms with Crippen molar-refractivity contribution in [1.29, 1.82) is 0 Å². The van der Waals surface area contributed by atoms with Crippen molar-refractivity contribution in [2.45, 2.75) is 33.1 Å². The summed E-state index contributed by atoms with van der Waals surface area (Å²) >= 11 is 0. The van der Waals surface area contributed by atoms with Gasteiger partial charge in [0, 0.05) is 53.4 Å². The first-order chi connectivity index (χ1) is 14.9. The van der Waals surface area contributed by atoms with Gasteiger partial charge >= 0.3 is 0 Å². The molecule has 0 fully saturated rings. The molecule has 3 aromatic rings. The number of carbonyl (C=O) groups is 1. The SMILES string of the molecule is CCN(CC)CCOc1ccc2c(n1)C(C)(C)c1[nH]c3cc(C=NC)ccc3c1C2=O. The number of hydrogen-bond donors (Lipinski definition) is 1. The Labute approximate surface area is 183 Å². The highest BCUT2D eigenvalue weighted by Crippen LogP contribution is 2.43. The van der Waals surface area contributed by atoms with Gasteiger partial charge in [0.05, 0.1) is 11.3 Å². The van der Waals surface area contributed by atoms with Crippen LogP contribution in [0.5, 0.6) is 5.88 Å². The van der Waals surface area contributed by atoms with Gasteiger partial charge < -0.3 is 14.6 Å².